The van der Waals surface area contributed by atoms with E-state index in [0.717, 1.165) is 29.4 Å². The summed E-state index contributed by atoms with van der Waals surface area (Å²) in [6.45, 7) is 0.476. The van der Waals surface area contributed by atoms with Gasteiger partial charge in [0.1, 0.15) is 17.4 Å². The van der Waals surface area contributed by atoms with Gasteiger partial charge < -0.3 is 10.3 Å². The van der Waals surface area contributed by atoms with Crippen molar-refractivity contribution in [2.75, 3.05) is 0 Å². The quantitative estimate of drug-likeness (QED) is 0.318. The Morgan fingerprint density at radius 1 is 0.886 bits per heavy atom. The highest BCUT2D eigenvalue weighted by Gasteiger charge is 2.20. The van der Waals surface area contributed by atoms with E-state index in [1.54, 1.807) is 12.1 Å². The molecule has 3 aromatic carbocycles. The Balaban J connectivity index is 1.18. The highest BCUT2D eigenvalue weighted by Crippen LogP contribution is 2.22. The Morgan fingerprint density at radius 3 is 2.46 bits per heavy atom. The van der Waals surface area contributed by atoms with Gasteiger partial charge in [0.15, 0.2) is 0 Å². The van der Waals surface area contributed by atoms with Crippen molar-refractivity contribution in [3.8, 4) is 0 Å². The Bertz CT molecular complexity index is 1480. The topological polar surface area (TPSA) is 106 Å². The number of imidazole rings is 1. The first kappa shape index (κ1) is 22.5. The summed E-state index contributed by atoms with van der Waals surface area (Å²) < 4.78 is 1.40. The number of para-hydroxylation sites is 2. The second-order valence-electron chi connectivity index (χ2n) is 8.50. The molecule has 1 amide bonds. The monoisotopic (exact) mass is 466 g/mol. The Morgan fingerprint density at radius 2 is 1.63 bits per heavy atom. The van der Waals surface area contributed by atoms with Crippen molar-refractivity contribution in [1.29, 1.82) is 0 Å². The van der Waals surface area contributed by atoms with Crippen LogP contribution in [0.4, 0.5) is 0 Å². The number of amides is 1. The fourth-order valence-electron chi connectivity index (χ4n) is 4.19. The number of carbonyl (C=O) groups excluding carboxylic acids is 1. The Labute approximate surface area is 202 Å². The molecular weight excluding hydrogens is 440 g/mol. The van der Waals surface area contributed by atoms with Crippen molar-refractivity contribution in [3.05, 3.63) is 101 Å². The number of aromatic amines is 1. The number of hydrogen-bond donors (Lipinski definition) is 2. The van der Waals surface area contributed by atoms with Crippen LogP contribution in [-0.2, 0) is 11.3 Å². The number of H-pyrrole nitrogens is 1. The van der Waals surface area contributed by atoms with Gasteiger partial charge in [-0.3, -0.25) is 9.59 Å². The van der Waals surface area contributed by atoms with Gasteiger partial charge in [-0.15, -0.1) is 5.10 Å². The van der Waals surface area contributed by atoms with Crippen molar-refractivity contribution < 1.29 is 4.79 Å². The van der Waals surface area contributed by atoms with E-state index in [2.05, 4.69) is 20.6 Å². The number of hydrogen-bond acceptors (Lipinski definition) is 5. The third kappa shape index (κ3) is 5.11. The minimum Gasteiger partial charge on any atom is -0.342 e. The van der Waals surface area contributed by atoms with Gasteiger partial charge in [0, 0.05) is 13.0 Å². The van der Waals surface area contributed by atoms with Gasteiger partial charge in [0.2, 0.25) is 5.91 Å². The summed E-state index contributed by atoms with van der Waals surface area (Å²) in [5, 5.41) is 11.9. The second kappa shape index (κ2) is 10.3. The van der Waals surface area contributed by atoms with Crippen LogP contribution < -0.4 is 10.9 Å². The number of carbonyl (C=O) groups is 1. The van der Waals surface area contributed by atoms with Crippen LogP contribution >= 0.6 is 0 Å². The molecule has 2 aromatic heterocycles. The first-order valence-electron chi connectivity index (χ1n) is 11.8. The van der Waals surface area contributed by atoms with Gasteiger partial charge in [-0.2, -0.15) is 0 Å². The fourth-order valence-corrected chi connectivity index (χ4v) is 4.19. The van der Waals surface area contributed by atoms with E-state index in [1.807, 2.05) is 66.7 Å². The van der Waals surface area contributed by atoms with Crippen LogP contribution in [0.25, 0.3) is 21.9 Å². The molecule has 0 radical (unpaired) electrons. The lowest BCUT2D eigenvalue weighted by Crippen LogP contribution is -2.30. The van der Waals surface area contributed by atoms with E-state index >= 15 is 0 Å². The van der Waals surface area contributed by atoms with Crippen LogP contribution in [0.3, 0.4) is 0 Å². The summed E-state index contributed by atoms with van der Waals surface area (Å²) in [5.74, 6) is 0.668. The maximum atomic E-state index is 12.8. The molecule has 35 heavy (non-hydrogen) atoms. The van der Waals surface area contributed by atoms with Gasteiger partial charge in [-0.25, -0.2) is 9.67 Å². The van der Waals surface area contributed by atoms with Gasteiger partial charge in [0.25, 0.3) is 5.56 Å². The summed E-state index contributed by atoms with van der Waals surface area (Å²) in [6.07, 6.45) is 2.64. The van der Waals surface area contributed by atoms with Crippen molar-refractivity contribution in [1.82, 2.24) is 30.3 Å². The fraction of sp³-hybridized carbons (Fsp3) is 0.222. The van der Waals surface area contributed by atoms with Crippen molar-refractivity contribution in [3.63, 3.8) is 0 Å². The molecule has 2 N–H and O–H groups in total. The lowest BCUT2D eigenvalue weighted by molar-refractivity contribution is -0.121. The van der Waals surface area contributed by atoms with E-state index in [0.29, 0.717) is 36.1 Å². The minimum absolute atomic E-state index is 0.0398. The average molecular weight is 467 g/mol. The summed E-state index contributed by atoms with van der Waals surface area (Å²) in [7, 11) is 0. The summed E-state index contributed by atoms with van der Waals surface area (Å²) in [4.78, 5) is 33.4. The third-order valence-corrected chi connectivity index (χ3v) is 6.02. The van der Waals surface area contributed by atoms with E-state index in [1.165, 1.54) is 4.68 Å². The zero-order chi connectivity index (χ0) is 24.0. The molecule has 0 spiro atoms. The molecule has 1 atom stereocenters. The largest absolute Gasteiger partial charge is 0.342 e. The lowest BCUT2D eigenvalue weighted by atomic mass is 10.1. The van der Waals surface area contributed by atoms with Crippen LogP contribution in [0.15, 0.2) is 83.7 Å². The van der Waals surface area contributed by atoms with Crippen molar-refractivity contribution in [2.24, 2.45) is 0 Å². The molecule has 176 valence electrons. The molecule has 0 saturated heterocycles. The van der Waals surface area contributed by atoms with Crippen LogP contribution in [0.5, 0.6) is 0 Å². The molecule has 5 rings (SSSR count). The van der Waals surface area contributed by atoms with Gasteiger partial charge >= 0.3 is 0 Å². The number of aryl methyl sites for hydroxylation is 1. The van der Waals surface area contributed by atoms with Gasteiger partial charge in [0.05, 0.1) is 16.4 Å². The standard InChI is InChI=1S/C27H26N6O2/c34-24(17-5-2-10-18-33-27(35)20-13-6-7-14-21(20)31-32-33)30-25(19-11-3-1-4-12-19)26-28-22-15-8-9-16-23(22)29-26/h1,3-4,6-9,11-16,25H,2,5,10,17-18H2,(H,28,29)(H,30,34)/t25-/m0/s1. The number of nitrogens with zero attached hydrogens (tertiary/aromatic N) is 4. The average Bonchev–Trinajstić information content (AvgIpc) is 3.33. The molecule has 2 heterocycles. The molecule has 0 saturated carbocycles. The zero-order valence-corrected chi connectivity index (χ0v) is 19.2. The van der Waals surface area contributed by atoms with Crippen molar-refractivity contribution in [2.45, 2.75) is 38.3 Å². The number of aromatic nitrogens is 5. The smallest absolute Gasteiger partial charge is 0.277 e. The third-order valence-electron chi connectivity index (χ3n) is 6.02. The molecule has 0 fully saturated rings. The Kier molecular flexibility index (Phi) is 6.61. The number of unbranched alkanes of at least 4 members (excludes halogenated alkanes) is 2. The number of fused-ring (bicyclic) bond motifs is 2. The number of nitrogens with one attached hydrogen (secondary N) is 2. The summed E-state index contributed by atoms with van der Waals surface area (Å²) in [5.41, 5.74) is 3.23. The van der Waals surface area contributed by atoms with E-state index in [9.17, 15) is 9.59 Å². The van der Waals surface area contributed by atoms with Crippen LogP contribution in [0.2, 0.25) is 0 Å². The molecule has 0 unspecified atom stereocenters. The molecule has 0 bridgehead atoms. The maximum Gasteiger partial charge on any atom is 0.277 e. The van der Waals surface area contributed by atoms with Crippen LogP contribution in [0.1, 0.15) is 43.1 Å². The molecular formula is C27H26N6O2. The van der Waals surface area contributed by atoms with Crippen molar-refractivity contribution >= 4 is 27.8 Å². The van der Waals surface area contributed by atoms with Gasteiger partial charge in [-0.1, -0.05) is 66.2 Å². The predicted octanol–water partition coefficient (Wildman–Crippen LogP) is 4.13. The summed E-state index contributed by atoms with van der Waals surface area (Å²) >= 11 is 0. The highest BCUT2D eigenvalue weighted by molar-refractivity contribution is 5.78. The minimum atomic E-state index is -0.359. The second-order valence-corrected chi connectivity index (χ2v) is 8.50. The van der Waals surface area contributed by atoms with E-state index < -0.39 is 0 Å². The lowest BCUT2D eigenvalue weighted by Gasteiger charge is -2.17. The normalized spacial score (nSPS) is 12.1. The van der Waals surface area contributed by atoms with Gasteiger partial charge in [-0.05, 0) is 42.7 Å². The highest BCUT2D eigenvalue weighted by atomic mass is 16.1. The molecule has 0 aliphatic heterocycles. The molecule has 0 aliphatic rings. The van der Waals surface area contributed by atoms with Crippen LogP contribution in [0, 0.1) is 0 Å². The SMILES string of the molecule is O=C(CCCCCn1nnc2ccccc2c1=O)N[C@@H](c1ccccc1)c1nc2ccccc2[nH]1. The molecule has 8 nitrogen and oxygen atoms in total. The van der Waals surface area contributed by atoms with E-state index in [-0.39, 0.29) is 17.5 Å². The Hall–Kier alpha value is -4.33. The number of rotatable bonds is 9. The van der Waals surface area contributed by atoms with Crippen LogP contribution in [-0.4, -0.2) is 30.9 Å². The van der Waals surface area contributed by atoms with E-state index in [4.69, 9.17) is 4.98 Å². The summed E-state index contributed by atoms with van der Waals surface area (Å²) in [6, 6.07) is 24.5. The maximum absolute atomic E-state index is 12.8. The molecule has 5 aromatic rings. The molecule has 0 aliphatic carbocycles. The first-order chi connectivity index (χ1) is 17.2. The predicted molar refractivity (Wildman–Crippen MR) is 135 cm³/mol. The first-order valence-corrected chi connectivity index (χ1v) is 11.8. The zero-order valence-electron chi connectivity index (χ0n) is 19.2. The molecule has 8 heteroatoms. The number of benzene rings is 3.